The van der Waals surface area contributed by atoms with Crippen LogP contribution in [0.1, 0.15) is 13.3 Å². The summed E-state index contributed by atoms with van der Waals surface area (Å²) in [4.78, 5) is 11.5. The van der Waals surface area contributed by atoms with Crippen LogP contribution in [-0.4, -0.2) is 58.5 Å². The summed E-state index contributed by atoms with van der Waals surface area (Å²) in [6.07, 6.45) is 9.47. The molecule has 1 heterocycles. The van der Waals surface area contributed by atoms with Crippen molar-refractivity contribution in [2.75, 3.05) is 6.61 Å². The summed E-state index contributed by atoms with van der Waals surface area (Å²) in [5, 5.41) is 32.3. The van der Waals surface area contributed by atoms with Crippen molar-refractivity contribution >= 4 is 5.91 Å². The number of ether oxygens (including phenoxy) is 2. The Morgan fingerprint density at radius 2 is 1.96 bits per heavy atom. The van der Waals surface area contributed by atoms with Crippen LogP contribution in [0.4, 0.5) is 0 Å². The zero-order valence-corrected chi connectivity index (χ0v) is 14.4. The zero-order chi connectivity index (χ0) is 18.7. The monoisotopic (exact) mass is 361 g/mol. The Morgan fingerprint density at radius 1 is 1.23 bits per heavy atom. The molecule has 0 radical (unpaired) electrons. The van der Waals surface area contributed by atoms with Crippen LogP contribution in [0.2, 0.25) is 0 Å². The number of amides is 1. The van der Waals surface area contributed by atoms with Crippen molar-refractivity contribution in [2.24, 2.45) is 0 Å². The number of carbonyl (C=O) groups excluding carboxylic acids is 1. The molecule has 2 aliphatic carbocycles. The van der Waals surface area contributed by atoms with Gasteiger partial charge in [0.25, 0.3) is 0 Å². The number of fused-ring (bicyclic) bond motifs is 2. The topological polar surface area (TPSA) is 108 Å². The van der Waals surface area contributed by atoms with Gasteiger partial charge in [0.2, 0.25) is 12.2 Å². The molecule has 0 spiro atoms. The lowest BCUT2D eigenvalue weighted by molar-refractivity contribution is -0.258. The maximum absolute atomic E-state index is 11.5. The van der Waals surface area contributed by atoms with Gasteiger partial charge in [-0.1, -0.05) is 30.4 Å². The van der Waals surface area contributed by atoms with Crippen molar-refractivity contribution in [3.63, 3.8) is 0 Å². The highest BCUT2D eigenvalue weighted by atomic mass is 16.7. The fourth-order valence-electron chi connectivity index (χ4n) is 3.12. The molecule has 0 aromatic carbocycles. The zero-order valence-electron chi connectivity index (χ0n) is 14.4. The first-order valence-corrected chi connectivity index (χ1v) is 8.50. The van der Waals surface area contributed by atoms with Gasteiger partial charge in [-0.2, -0.15) is 0 Å². The minimum atomic E-state index is -1.34. The highest BCUT2D eigenvalue weighted by Crippen LogP contribution is 2.28. The normalized spacial score (nSPS) is 33.4. The number of aliphatic hydroxyl groups excluding tert-OH is 3. The summed E-state index contributed by atoms with van der Waals surface area (Å²) >= 11 is 0. The standard InChI is InChI=1S/C19H23NO6/c1-11(22)20-16-18(24)17(23)15(10-21)26-19(16)25-14-7-6-12-4-2-3-5-13(8-12)9-14/h2-7,9,15-19,21,23-24H,8,10H2,1H3,(H,20,22). The van der Waals surface area contributed by atoms with E-state index in [-0.39, 0.29) is 0 Å². The first-order valence-electron chi connectivity index (χ1n) is 8.50. The third kappa shape index (κ3) is 4.13. The molecular weight excluding hydrogens is 338 g/mol. The lowest BCUT2D eigenvalue weighted by Gasteiger charge is -2.42. The van der Waals surface area contributed by atoms with Crippen molar-refractivity contribution in [3.05, 3.63) is 59.4 Å². The molecule has 7 heteroatoms. The highest BCUT2D eigenvalue weighted by Gasteiger charge is 2.46. The fraction of sp³-hybridized carbons (Fsp3) is 0.421. The van der Waals surface area contributed by atoms with E-state index in [9.17, 15) is 20.1 Å². The van der Waals surface area contributed by atoms with Crippen LogP contribution < -0.4 is 5.32 Å². The molecule has 5 unspecified atom stereocenters. The molecule has 26 heavy (non-hydrogen) atoms. The second-order valence-corrected chi connectivity index (χ2v) is 6.48. The first kappa shape index (κ1) is 18.6. The molecule has 4 N–H and O–H groups in total. The van der Waals surface area contributed by atoms with Gasteiger partial charge < -0.3 is 30.1 Å². The number of rotatable bonds is 4. The number of allylic oxidation sites excluding steroid dienone is 9. The summed E-state index contributed by atoms with van der Waals surface area (Å²) in [5.41, 5.74) is 2.16. The second-order valence-electron chi connectivity index (χ2n) is 6.48. The number of aliphatic hydroxyl groups is 3. The van der Waals surface area contributed by atoms with Crippen LogP contribution in [0, 0.1) is 0 Å². The summed E-state index contributed by atoms with van der Waals surface area (Å²) in [5.74, 6) is 0.104. The minimum Gasteiger partial charge on any atom is -0.463 e. The molecule has 1 amide bonds. The van der Waals surface area contributed by atoms with Gasteiger partial charge >= 0.3 is 0 Å². The Hall–Kier alpha value is -2.19. The van der Waals surface area contributed by atoms with Crippen LogP contribution in [0.15, 0.2) is 59.4 Å². The fourth-order valence-corrected chi connectivity index (χ4v) is 3.12. The molecule has 1 fully saturated rings. The van der Waals surface area contributed by atoms with E-state index in [1.807, 2.05) is 36.5 Å². The molecule has 1 aliphatic heterocycles. The van der Waals surface area contributed by atoms with Crippen molar-refractivity contribution in [1.82, 2.24) is 5.32 Å². The number of nitrogens with one attached hydrogen (secondary N) is 1. The molecule has 3 aliphatic rings. The summed E-state index contributed by atoms with van der Waals surface area (Å²) in [6.45, 7) is 0.817. The van der Waals surface area contributed by atoms with Crippen LogP contribution >= 0.6 is 0 Å². The number of carbonyl (C=O) groups is 1. The third-order valence-corrected chi connectivity index (χ3v) is 4.43. The summed E-state index contributed by atoms with van der Waals surface area (Å²) in [6, 6.07) is -0.974. The third-order valence-electron chi connectivity index (χ3n) is 4.43. The Bertz CT molecular complexity index is 705. The van der Waals surface area contributed by atoms with E-state index < -0.39 is 43.2 Å². The SMILES string of the molecule is CC(=O)NC1C(OC2=CC3=CC=CC=C(C=C2)C3)OC(CO)C(O)C1O. The van der Waals surface area contributed by atoms with E-state index in [4.69, 9.17) is 9.47 Å². The number of hydrogen-bond donors (Lipinski definition) is 4. The molecule has 2 bridgehead atoms. The molecule has 0 aromatic heterocycles. The van der Waals surface area contributed by atoms with E-state index in [0.717, 1.165) is 17.6 Å². The maximum atomic E-state index is 11.5. The highest BCUT2D eigenvalue weighted by molar-refractivity contribution is 5.73. The molecule has 1 saturated heterocycles. The Labute approximate surface area is 151 Å². The van der Waals surface area contributed by atoms with Crippen molar-refractivity contribution < 1.29 is 29.6 Å². The molecular formula is C19H23NO6. The molecule has 0 saturated carbocycles. The minimum absolute atomic E-state index is 0.392. The first-order chi connectivity index (χ1) is 12.5. The summed E-state index contributed by atoms with van der Waals surface area (Å²) < 4.78 is 11.5. The van der Waals surface area contributed by atoms with E-state index in [0.29, 0.717) is 5.76 Å². The molecule has 140 valence electrons. The van der Waals surface area contributed by atoms with E-state index in [2.05, 4.69) is 5.32 Å². The predicted octanol–water partition coefficient (Wildman–Crippen LogP) is 0.213. The number of hydrogen-bond acceptors (Lipinski definition) is 6. The Morgan fingerprint density at radius 3 is 2.65 bits per heavy atom. The van der Waals surface area contributed by atoms with Crippen LogP contribution in [-0.2, 0) is 14.3 Å². The van der Waals surface area contributed by atoms with E-state index in [1.165, 1.54) is 6.92 Å². The lowest BCUT2D eigenvalue weighted by Crippen LogP contribution is -2.64. The average Bonchev–Trinajstić information content (AvgIpc) is 2.95. The van der Waals surface area contributed by atoms with Crippen LogP contribution in [0.5, 0.6) is 0 Å². The van der Waals surface area contributed by atoms with Gasteiger partial charge in [0.1, 0.15) is 30.1 Å². The molecule has 7 nitrogen and oxygen atoms in total. The molecule has 5 atom stereocenters. The summed E-state index contributed by atoms with van der Waals surface area (Å²) in [7, 11) is 0. The van der Waals surface area contributed by atoms with Crippen molar-refractivity contribution in [3.8, 4) is 0 Å². The van der Waals surface area contributed by atoms with Gasteiger partial charge in [-0.05, 0) is 29.7 Å². The van der Waals surface area contributed by atoms with Crippen LogP contribution in [0.25, 0.3) is 0 Å². The Kier molecular flexibility index (Phi) is 5.73. The maximum Gasteiger partial charge on any atom is 0.223 e. The van der Waals surface area contributed by atoms with E-state index >= 15 is 0 Å². The van der Waals surface area contributed by atoms with Gasteiger partial charge in [-0.3, -0.25) is 4.79 Å². The largest absolute Gasteiger partial charge is 0.463 e. The van der Waals surface area contributed by atoms with Gasteiger partial charge in [0, 0.05) is 6.92 Å². The van der Waals surface area contributed by atoms with Crippen LogP contribution in [0.3, 0.4) is 0 Å². The smallest absolute Gasteiger partial charge is 0.223 e. The van der Waals surface area contributed by atoms with E-state index in [1.54, 1.807) is 6.08 Å². The quantitative estimate of drug-likeness (QED) is 0.570. The lowest BCUT2D eigenvalue weighted by atomic mass is 9.97. The predicted molar refractivity (Wildman–Crippen MR) is 93.6 cm³/mol. The van der Waals surface area contributed by atoms with Gasteiger partial charge in [0.15, 0.2) is 0 Å². The molecule has 3 rings (SSSR count). The van der Waals surface area contributed by atoms with Gasteiger partial charge in [-0.15, -0.1) is 0 Å². The van der Waals surface area contributed by atoms with Crippen molar-refractivity contribution in [2.45, 2.75) is 44.0 Å². The average molecular weight is 361 g/mol. The Balaban J connectivity index is 1.84. The molecule has 0 aromatic rings. The van der Waals surface area contributed by atoms with Crippen molar-refractivity contribution in [1.29, 1.82) is 0 Å². The second kappa shape index (κ2) is 8.01. The van der Waals surface area contributed by atoms with Gasteiger partial charge in [-0.25, -0.2) is 0 Å². The van der Waals surface area contributed by atoms with Gasteiger partial charge in [0.05, 0.1) is 6.61 Å².